The first kappa shape index (κ1) is 20.6. The van der Waals surface area contributed by atoms with Crippen molar-refractivity contribution in [3.05, 3.63) is 51.5 Å². The number of esters is 1. The van der Waals surface area contributed by atoms with Crippen LogP contribution in [0.15, 0.2) is 30.3 Å². The average molecular weight is 392 g/mol. The number of primary amides is 1. The lowest BCUT2D eigenvalue weighted by molar-refractivity contribution is -0.121. The number of thiophene rings is 1. The Morgan fingerprint density at radius 2 is 1.89 bits per heavy atom. The molecule has 0 bridgehead atoms. The monoisotopic (exact) mass is 392 g/mol. The van der Waals surface area contributed by atoms with Crippen molar-refractivity contribution < 1.29 is 23.5 Å². The Morgan fingerprint density at radius 3 is 2.44 bits per heavy atom. The minimum absolute atomic E-state index is 0.00937. The highest BCUT2D eigenvalue weighted by molar-refractivity contribution is 7.14. The molecule has 2 N–H and O–H groups in total. The predicted molar refractivity (Wildman–Crippen MR) is 101 cm³/mol. The number of amides is 2. The molecule has 0 unspecified atom stereocenters. The molecule has 8 heteroatoms. The third-order valence-electron chi connectivity index (χ3n) is 3.89. The summed E-state index contributed by atoms with van der Waals surface area (Å²) >= 11 is 1.34. The van der Waals surface area contributed by atoms with E-state index in [0.29, 0.717) is 10.6 Å². The number of halogens is 1. The van der Waals surface area contributed by atoms with Gasteiger partial charge in [-0.2, -0.15) is 0 Å². The van der Waals surface area contributed by atoms with E-state index >= 15 is 0 Å². The molecule has 1 aromatic carbocycles. The van der Waals surface area contributed by atoms with Crippen LogP contribution in [0, 0.1) is 12.7 Å². The lowest BCUT2D eigenvalue weighted by Gasteiger charge is -2.22. The molecule has 0 aliphatic carbocycles. The summed E-state index contributed by atoms with van der Waals surface area (Å²) in [5.74, 6) is -2.13. The summed E-state index contributed by atoms with van der Waals surface area (Å²) in [6.45, 7) is 3.43. The number of nitrogens with zero attached hydrogens (tertiary/aromatic N) is 1. The molecule has 0 atom stereocenters. The van der Waals surface area contributed by atoms with Crippen LogP contribution in [0.3, 0.4) is 0 Å². The van der Waals surface area contributed by atoms with E-state index in [9.17, 15) is 18.8 Å². The van der Waals surface area contributed by atoms with Gasteiger partial charge in [-0.05, 0) is 49.2 Å². The van der Waals surface area contributed by atoms with Gasteiger partial charge in [0.15, 0.2) is 6.61 Å². The molecule has 0 aliphatic rings. The van der Waals surface area contributed by atoms with E-state index in [1.807, 2.05) is 13.8 Å². The Kier molecular flexibility index (Phi) is 7.06. The number of ether oxygens (including phenoxy) is 1. The minimum atomic E-state index is -0.579. The second kappa shape index (κ2) is 9.27. The summed E-state index contributed by atoms with van der Waals surface area (Å²) in [4.78, 5) is 38.5. The van der Waals surface area contributed by atoms with Gasteiger partial charge in [0, 0.05) is 23.5 Å². The van der Waals surface area contributed by atoms with Gasteiger partial charge in [0.2, 0.25) is 5.91 Å². The molecule has 2 aromatic rings. The molecular weight excluding hydrogens is 371 g/mol. The number of carbonyl (C=O) groups is 3. The standard InChI is InChI=1S/C19H21FN2O4S/c1-3-15-12(2)10-16(27-15)19(25)26-11-18(24)22(9-8-17(21)23)14-6-4-13(20)5-7-14/h4-7,10H,3,8-9,11H2,1-2H3,(H2,21,23). The van der Waals surface area contributed by atoms with Crippen molar-refractivity contribution in [2.24, 2.45) is 5.73 Å². The number of rotatable bonds is 8. The highest BCUT2D eigenvalue weighted by Crippen LogP contribution is 2.23. The first-order chi connectivity index (χ1) is 12.8. The second-order valence-corrected chi connectivity index (χ2v) is 7.02. The van der Waals surface area contributed by atoms with E-state index in [1.54, 1.807) is 6.07 Å². The Balaban J connectivity index is 2.06. The summed E-state index contributed by atoms with van der Waals surface area (Å²) in [5, 5.41) is 0. The molecule has 1 heterocycles. The van der Waals surface area contributed by atoms with Crippen LogP contribution in [-0.2, 0) is 20.7 Å². The Labute approximate surface area is 160 Å². The number of hydrogen-bond donors (Lipinski definition) is 1. The van der Waals surface area contributed by atoms with E-state index in [2.05, 4.69) is 0 Å². The van der Waals surface area contributed by atoms with Crippen LogP contribution in [0.4, 0.5) is 10.1 Å². The summed E-state index contributed by atoms with van der Waals surface area (Å²) in [6.07, 6.45) is 0.745. The third-order valence-corrected chi connectivity index (χ3v) is 5.25. The largest absolute Gasteiger partial charge is 0.451 e. The van der Waals surface area contributed by atoms with Gasteiger partial charge in [0.25, 0.3) is 5.91 Å². The summed E-state index contributed by atoms with van der Waals surface area (Å²) in [5.41, 5.74) is 6.55. The maximum Gasteiger partial charge on any atom is 0.348 e. The van der Waals surface area contributed by atoms with Gasteiger partial charge in [0.05, 0.1) is 0 Å². The highest BCUT2D eigenvalue weighted by atomic mass is 32.1. The molecule has 0 fully saturated rings. The predicted octanol–water partition coefficient (Wildman–Crippen LogP) is 2.82. The van der Waals surface area contributed by atoms with Crippen molar-refractivity contribution in [2.45, 2.75) is 26.7 Å². The lowest BCUT2D eigenvalue weighted by atomic mass is 10.2. The van der Waals surface area contributed by atoms with Crippen LogP contribution in [0.1, 0.15) is 33.5 Å². The molecule has 6 nitrogen and oxygen atoms in total. The maximum absolute atomic E-state index is 13.1. The van der Waals surface area contributed by atoms with Crippen molar-refractivity contribution in [1.29, 1.82) is 0 Å². The molecular formula is C19H21FN2O4S. The van der Waals surface area contributed by atoms with Crippen molar-refractivity contribution in [2.75, 3.05) is 18.1 Å². The van der Waals surface area contributed by atoms with E-state index in [1.165, 1.54) is 40.5 Å². The van der Waals surface area contributed by atoms with Crippen LogP contribution in [0.2, 0.25) is 0 Å². The molecule has 27 heavy (non-hydrogen) atoms. The van der Waals surface area contributed by atoms with E-state index in [-0.39, 0.29) is 13.0 Å². The fourth-order valence-corrected chi connectivity index (χ4v) is 3.50. The smallest absolute Gasteiger partial charge is 0.348 e. The summed E-state index contributed by atoms with van der Waals surface area (Å²) in [7, 11) is 0. The van der Waals surface area contributed by atoms with Crippen molar-refractivity contribution in [3.63, 3.8) is 0 Å². The van der Waals surface area contributed by atoms with Crippen LogP contribution in [-0.4, -0.2) is 30.9 Å². The molecule has 0 spiro atoms. The molecule has 0 saturated heterocycles. The fraction of sp³-hybridized carbons (Fsp3) is 0.316. The van der Waals surface area contributed by atoms with Gasteiger partial charge in [-0.3, -0.25) is 9.59 Å². The highest BCUT2D eigenvalue weighted by Gasteiger charge is 2.20. The molecule has 2 amide bonds. The van der Waals surface area contributed by atoms with Crippen molar-refractivity contribution in [3.8, 4) is 0 Å². The minimum Gasteiger partial charge on any atom is -0.451 e. The Bertz CT molecular complexity index is 833. The molecule has 0 aliphatic heterocycles. The van der Waals surface area contributed by atoms with Gasteiger partial charge >= 0.3 is 5.97 Å². The van der Waals surface area contributed by atoms with Crippen molar-refractivity contribution in [1.82, 2.24) is 0 Å². The maximum atomic E-state index is 13.1. The fourth-order valence-electron chi connectivity index (χ4n) is 2.49. The Morgan fingerprint density at radius 1 is 1.22 bits per heavy atom. The zero-order valence-corrected chi connectivity index (χ0v) is 16.0. The van der Waals surface area contributed by atoms with Crippen LogP contribution < -0.4 is 10.6 Å². The third kappa shape index (κ3) is 5.62. The quantitative estimate of drug-likeness (QED) is 0.700. The van der Waals surface area contributed by atoms with Gasteiger partial charge < -0.3 is 15.4 Å². The zero-order chi connectivity index (χ0) is 20.0. The van der Waals surface area contributed by atoms with Gasteiger partial charge in [-0.1, -0.05) is 6.92 Å². The second-order valence-electron chi connectivity index (χ2n) is 5.88. The number of hydrogen-bond acceptors (Lipinski definition) is 5. The van der Waals surface area contributed by atoms with Gasteiger partial charge in [-0.15, -0.1) is 11.3 Å². The Hall–Kier alpha value is -2.74. The van der Waals surface area contributed by atoms with Gasteiger partial charge in [-0.25, -0.2) is 9.18 Å². The molecule has 0 saturated carbocycles. The number of benzene rings is 1. The molecule has 144 valence electrons. The number of carbonyl (C=O) groups excluding carboxylic acids is 3. The lowest BCUT2D eigenvalue weighted by Crippen LogP contribution is -2.37. The topological polar surface area (TPSA) is 89.7 Å². The first-order valence-corrected chi connectivity index (χ1v) is 9.24. The number of aryl methyl sites for hydroxylation is 2. The number of nitrogens with two attached hydrogens (primary N) is 1. The average Bonchev–Trinajstić information content (AvgIpc) is 3.02. The first-order valence-electron chi connectivity index (χ1n) is 8.42. The van der Waals surface area contributed by atoms with Crippen molar-refractivity contribution >= 4 is 34.8 Å². The van der Waals surface area contributed by atoms with E-state index in [4.69, 9.17) is 10.5 Å². The molecule has 2 rings (SSSR count). The van der Waals surface area contributed by atoms with E-state index in [0.717, 1.165) is 16.9 Å². The van der Waals surface area contributed by atoms with Crippen LogP contribution in [0.5, 0.6) is 0 Å². The van der Waals surface area contributed by atoms with Gasteiger partial charge in [0.1, 0.15) is 10.7 Å². The molecule has 0 radical (unpaired) electrons. The zero-order valence-electron chi connectivity index (χ0n) is 15.2. The summed E-state index contributed by atoms with van der Waals surface area (Å²) < 4.78 is 18.3. The SMILES string of the molecule is CCc1sc(C(=O)OCC(=O)N(CCC(N)=O)c2ccc(F)cc2)cc1C. The van der Waals surface area contributed by atoms with Crippen LogP contribution >= 0.6 is 11.3 Å². The molecule has 1 aromatic heterocycles. The van der Waals surface area contributed by atoms with E-state index < -0.39 is 30.2 Å². The van der Waals surface area contributed by atoms with Crippen LogP contribution in [0.25, 0.3) is 0 Å². The number of anilines is 1. The summed E-state index contributed by atoms with van der Waals surface area (Å²) in [6, 6.07) is 6.96. The normalized spacial score (nSPS) is 10.5.